The van der Waals surface area contributed by atoms with E-state index in [0.717, 1.165) is 17.0 Å². The number of benzene rings is 1. The minimum Gasteiger partial charge on any atom is -0.495 e. The minimum atomic E-state index is -0.404. The molecule has 0 fully saturated rings. The highest BCUT2D eigenvalue weighted by Gasteiger charge is 2.00. The van der Waals surface area contributed by atoms with Crippen LogP contribution in [-0.4, -0.2) is 20.2 Å². The SMILES string of the molecule is COC(=O)/C=C/Nc1cc(C)ccc1OC. The Labute approximate surface area is 94.9 Å². The molecule has 0 amide bonds. The van der Waals surface area contributed by atoms with Crippen LogP contribution in [0.1, 0.15) is 5.56 Å². The molecule has 0 aliphatic heterocycles. The van der Waals surface area contributed by atoms with Crippen molar-refractivity contribution in [2.45, 2.75) is 6.92 Å². The number of nitrogens with one attached hydrogen (secondary N) is 1. The largest absolute Gasteiger partial charge is 0.495 e. The van der Waals surface area contributed by atoms with Gasteiger partial charge in [-0.2, -0.15) is 0 Å². The number of esters is 1. The molecule has 0 heterocycles. The molecule has 0 spiro atoms. The van der Waals surface area contributed by atoms with Crippen molar-refractivity contribution in [2.24, 2.45) is 0 Å². The number of methoxy groups -OCH3 is 2. The fourth-order valence-electron chi connectivity index (χ4n) is 1.20. The van der Waals surface area contributed by atoms with Crippen molar-refractivity contribution >= 4 is 11.7 Å². The second-order valence-electron chi connectivity index (χ2n) is 3.20. The topological polar surface area (TPSA) is 47.6 Å². The average molecular weight is 221 g/mol. The summed E-state index contributed by atoms with van der Waals surface area (Å²) in [6.07, 6.45) is 2.82. The fraction of sp³-hybridized carbons (Fsp3) is 0.250. The van der Waals surface area contributed by atoms with Crippen molar-refractivity contribution in [2.75, 3.05) is 19.5 Å². The molecule has 0 aliphatic rings. The van der Waals surface area contributed by atoms with Gasteiger partial charge in [-0.25, -0.2) is 4.79 Å². The summed E-state index contributed by atoms with van der Waals surface area (Å²) in [5.41, 5.74) is 1.91. The molecule has 4 heteroatoms. The summed E-state index contributed by atoms with van der Waals surface area (Å²) in [4.78, 5) is 10.8. The van der Waals surface area contributed by atoms with Gasteiger partial charge in [0.05, 0.1) is 19.9 Å². The van der Waals surface area contributed by atoms with E-state index in [1.807, 2.05) is 25.1 Å². The number of hydrogen-bond acceptors (Lipinski definition) is 4. The van der Waals surface area contributed by atoms with Crippen LogP contribution in [0.5, 0.6) is 5.75 Å². The van der Waals surface area contributed by atoms with E-state index in [2.05, 4.69) is 10.1 Å². The molecule has 0 unspecified atom stereocenters. The summed E-state index contributed by atoms with van der Waals surface area (Å²) in [6.45, 7) is 1.98. The maximum absolute atomic E-state index is 10.8. The van der Waals surface area contributed by atoms with Crippen LogP contribution in [0.4, 0.5) is 5.69 Å². The molecule has 0 radical (unpaired) electrons. The van der Waals surface area contributed by atoms with Crippen LogP contribution in [-0.2, 0) is 9.53 Å². The molecular formula is C12H15NO3. The third-order valence-electron chi connectivity index (χ3n) is 2.01. The summed E-state index contributed by atoms with van der Waals surface area (Å²) in [7, 11) is 2.93. The highest BCUT2D eigenvalue weighted by molar-refractivity contribution is 5.82. The molecule has 1 aromatic rings. The van der Waals surface area contributed by atoms with Gasteiger partial charge in [0.25, 0.3) is 0 Å². The first-order valence-electron chi connectivity index (χ1n) is 4.83. The number of ether oxygens (including phenoxy) is 2. The Hall–Kier alpha value is -1.97. The Balaban J connectivity index is 2.76. The normalized spacial score (nSPS) is 10.2. The standard InChI is InChI=1S/C12H15NO3/c1-9-4-5-11(15-2)10(8-9)13-7-6-12(14)16-3/h4-8,13H,1-3H3/b7-6+. The van der Waals surface area contributed by atoms with Crippen LogP contribution >= 0.6 is 0 Å². The molecule has 1 aromatic carbocycles. The van der Waals surface area contributed by atoms with Gasteiger partial charge in [0.15, 0.2) is 0 Å². The van der Waals surface area contributed by atoms with Crippen molar-refractivity contribution in [3.8, 4) is 5.75 Å². The third kappa shape index (κ3) is 3.31. The van der Waals surface area contributed by atoms with Gasteiger partial charge in [-0.05, 0) is 24.6 Å². The Morgan fingerprint density at radius 2 is 2.12 bits per heavy atom. The molecule has 1 rings (SSSR count). The predicted molar refractivity (Wildman–Crippen MR) is 62.5 cm³/mol. The number of carbonyl (C=O) groups excluding carboxylic acids is 1. The maximum atomic E-state index is 10.8. The summed E-state index contributed by atoms with van der Waals surface area (Å²) in [5, 5.41) is 2.96. The second kappa shape index (κ2) is 5.80. The Morgan fingerprint density at radius 3 is 2.75 bits per heavy atom. The van der Waals surface area contributed by atoms with E-state index in [0.29, 0.717) is 0 Å². The number of carbonyl (C=O) groups is 1. The van der Waals surface area contributed by atoms with Gasteiger partial charge in [0, 0.05) is 12.3 Å². The van der Waals surface area contributed by atoms with E-state index in [9.17, 15) is 4.79 Å². The third-order valence-corrected chi connectivity index (χ3v) is 2.01. The van der Waals surface area contributed by atoms with Gasteiger partial charge in [0.2, 0.25) is 0 Å². The summed E-state index contributed by atoms with van der Waals surface area (Å²) >= 11 is 0. The minimum absolute atomic E-state index is 0.404. The lowest BCUT2D eigenvalue weighted by Gasteiger charge is -2.08. The van der Waals surface area contributed by atoms with Gasteiger partial charge in [-0.3, -0.25) is 0 Å². The average Bonchev–Trinajstić information content (AvgIpc) is 2.29. The molecule has 1 N–H and O–H groups in total. The number of aryl methyl sites for hydroxylation is 1. The van der Waals surface area contributed by atoms with Gasteiger partial charge in [-0.1, -0.05) is 6.07 Å². The van der Waals surface area contributed by atoms with Gasteiger partial charge < -0.3 is 14.8 Å². The zero-order chi connectivity index (χ0) is 12.0. The molecule has 0 saturated heterocycles. The Morgan fingerprint density at radius 1 is 1.38 bits per heavy atom. The Kier molecular flexibility index (Phi) is 4.39. The number of hydrogen-bond donors (Lipinski definition) is 1. The molecule has 0 saturated carbocycles. The molecule has 0 atom stereocenters. The van der Waals surface area contributed by atoms with E-state index in [1.54, 1.807) is 7.11 Å². The van der Waals surface area contributed by atoms with Gasteiger partial charge in [0.1, 0.15) is 5.75 Å². The van der Waals surface area contributed by atoms with E-state index in [-0.39, 0.29) is 0 Å². The summed E-state index contributed by atoms with van der Waals surface area (Å²) < 4.78 is 9.64. The first-order chi connectivity index (χ1) is 7.67. The molecule has 16 heavy (non-hydrogen) atoms. The fourth-order valence-corrected chi connectivity index (χ4v) is 1.20. The summed E-state index contributed by atoms with van der Waals surface area (Å²) in [6, 6.07) is 5.75. The van der Waals surface area contributed by atoms with Crippen molar-refractivity contribution in [1.29, 1.82) is 0 Å². The molecule has 0 aromatic heterocycles. The van der Waals surface area contributed by atoms with Crippen molar-refractivity contribution in [1.82, 2.24) is 0 Å². The summed E-state index contributed by atoms with van der Waals surface area (Å²) in [5.74, 6) is 0.319. The monoisotopic (exact) mass is 221 g/mol. The van der Waals surface area contributed by atoms with Crippen molar-refractivity contribution < 1.29 is 14.3 Å². The van der Waals surface area contributed by atoms with Crippen LogP contribution in [0.3, 0.4) is 0 Å². The number of anilines is 1. The van der Waals surface area contributed by atoms with Crippen LogP contribution in [0, 0.1) is 6.92 Å². The first kappa shape index (κ1) is 12.1. The molecule has 0 bridgehead atoms. The zero-order valence-electron chi connectivity index (χ0n) is 9.61. The van der Waals surface area contributed by atoms with E-state index < -0.39 is 5.97 Å². The zero-order valence-corrected chi connectivity index (χ0v) is 9.61. The predicted octanol–water partition coefficient (Wildman–Crippen LogP) is 2.10. The highest BCUT2D eigenvalue weighted by atomic mass is 16.5. The van der Waals surface area contributed by atoms with Crippen LogP contribution in [0.25, 0.3) is 0 Å². The van der Waals surface area contributed by atoms with E-state index in [1.165, 1.54) is 19.4 Å². The van der Waals surface area contributed by atoms with Gasteiger partial charge in [-0.15, -0.1) is 0 Å². The Bertz CT molecular complexity index is 399. The van der Waals surface area contributed by atoms with Crippen molar-refractivity contribution in [3.63, 3.8) is 0 Å². The quantitative estimate of drug-likeness (QED) is 0.624. The maximum Gasteiger partial charge on any atom is 0.331 e. The highest BCUT2D eigenvalue weighted by Crippen LogP contribution is 2.24. The first-order valence-corrected chi connectivity index (χ1v) is 4.83. The van der Waals surface area contributed by atoms with Crippen LogP contribution in [0.15, 0.2) is 30.5 Å². The molecular weight excluding hydrogens is 206 g/mol. The van der Waals surface area contributed by atoms with Crippen LogP contribution in [0.2, 0.25) is 0 Å². The number of rotatable bonds is 4. The van der Waals surface area contributed by atoms with Gasteiger partial charge >= 0.3 is 5.97 Å². The molecule has 4 nitrogen and oxygen atoms in total. The lowest BCUT2D eigenvalue weighted by atomic mass is 10.2. The molecule has 0 aliphatic carbocycles. The second-order valence-corrected chi connectivity index (χ2v) is 3.20. The van der Waals surface area contributed by atoms with E-state index >= 15 is 0 Å². The lowest BCUT2D eigenvalue weighted by Crippen LogP contribution is -1.98. The van der Waals surface area contributed by atoms with E-state index in [4.69, 9.17) is 4.74 Å². The van der Waals surface area contributed by atoms with Crippen LogP contribution < -0.4 is 10.1 Å². The van der Waals surface area contributed by atoms with Crippen molar-refractivity contribution in [3.05, 3.63) is 36.0 Å². The smallest absolute Gasteiger partial charge is 0.331 e. The molecule has 86 valence electrons. The lowest BCUT2D eigenvalue weighted by molar-refractivity contribution is -0.134.